The Labute approximate surface area is 139 Å². The first-order chi connectivity index (χ1) is 11.2. The molecule has 10 heteroatoms. The highest BCUT2D eigenvalue weighted by Gasteiger charge is 2.30. The van der Waals surface area contributed by atoms with Crippen LogP contribution in [0.1, 0.15) is 5.56 Å². The molecule has 24 heavy (non-hydrogen) atoms. The number of carbonyl (C=O) groups excluding carboxylic acids is 1. The van der Waals surface area contributed by atoms with Gasteiger partial charge in [-0.05, 0) is 18.2 Å². The van der Waals surface area contributed by atoms with Gasteiger partial charge in [-0.1, -0.05) is 17.7 Å². The Morgan fingerprint density at radius 3 is 2.54 bits per heavy atom. The average molecular weight is 362 g/mol. The second-order valence-electron chi connectivity index (χ2n) is 4.73. The van der Waals surface area contributed by atoms with Crippen LogP contribution in [0.5, 0.6) is 17.4 Å². The van der Waals surface area contributed by atoms with E-state index < -0.39 is 17.8 Å². The van der Waals surface area contributed by atoms with Gasteiger partial charge in [0.05, 0.1) is 5.56 Å². The van der Waals surface area contributed by atoms with Crippen molar-refractivity contribution in [2.45, 2.75) is 6.18 Å². The standard InChI is InChI=1S/C14H11ClF3N3O3/c1-21(2)13(22)24-10-7-11(15)19-20-12(10)23-9-5-3-4-8(6-9)14(16,17)18/h3-7H,1-2H3. The second kappa shape index (κ2) is 6.91. The third-order valence-corrected chi connectivity index (χ3v) is 2.82. The van der Waals surface area contributed by atoms with Gasteiger partial charge in [-0.3, -0.25) is 0 Å². The van der Waals surface area contributed by atoms with E-state index in [9.17, 15) is 18.0 Å². The highest BCUT2D eigenvalue weighted by molar-refractivity contribution is 6.29. The lowest BCUT2D eigenvalue weighted by molar-refractivity contribution is -0.137. The molecule has 0 atom stereocenters. The SMILES string of the molecule is CN(C)C(=O)Oc1cc(Cl)nnc1Oc1cccc(C(F)(F)F)c1. The van der Waals surface area contributed by atoms with E-state index in [-0.39, 0.29) is 22.5 Å². The predicted octanol–water partition coefficient (Wildman–Crippen LogP) is 4.00. The molecule has 0 spiro atoms. The topological polar surface area (TPSA) is 64.6 Å². The molecular formula is C14H11ClF3N3O3. The maximum atomic E-state index is 12.7. The minimum atomic E-state index is -4.52. The van der Waals surface area contributed by atoms with E-state index in [4.69, 9.17) is 21.1 Å². The lowest BCUT2D eigenvalue weighted by atomic mass is 10.2. The van der Waals surface area contributed by atoms with Gasteiger partial charge in [0.1, 0.15) is 5.75 Å². The van der Waals surface area contributed by atoms with Crippen LogP contribution >= 0.6 is 11.6 Å². The summed E-state index contributed by atoms with van der Waals surface area (Å²) in [5.41, 5.74) is -0.895. The van der Waals surface area contributed by atoms with E-state index in [0.29, 0.717) is 0 Å². The molecule has 1 aromatic heterocycles. The molecule has 0 radical (unpaired) electrons. The molecule has 0 aliphatic carbocycles. The van der Waals surface area contributed by atoms with Gasteiger partial charge < -0.3 is 14.4 Å². The summed E-state index contributed by atoms with van der Waals surface area (Å²) in [5, 5.41) is 7.04. The van der Waals surface area contributed by atoms with Crippen LogP contribution in [0.15, 0.2) is 30.3 Å². The highest BCUT2D eigenvalue weighted by Crippen LogP contribution is 2.34. The fourth-order valence-electron chi connectivity index (χ4n) is 1.52. The number of ether oxygens (including phenoxy) is 2. The minimum Gasteiger partial charge on any atom is -0.435 e. The van der Waals surface area contributed by atoms with Crippen LogP contribution in [0, 0.1) is 0 Å². The first-order valence-corrected chi connectivity index (χ1v) is 6.82. The van der Waals surface area contributed by atoms with Crippen molar-refractivity contribution >= 4 is 17.7 Å². The van der Waals surface area contributed by atoms with E-state index >= 15 is 0 Å². The average Bonchev–Trinajstić information content (AvgIpc) is 2.49. The first-order valence-electron chi connectivity index (χ1n) is 6.44. The molecule has 2 rings (SSSR count). The third kappa shape index (κ3) is 4.48. The van der Waals surface area contributed by atoms with Crippen LogP contribution in [0.25, 0.3) is 0 Å². The molecule has 1 amide bonds. The van der Waals surface area contributed by atoms with Gasteiger partial charge in [-0.15, -0.1) is 10.2 Å². The zero-order chi connectivity index (χ0) is 17.9. The van der Waals surface area contributed by atoms with Crippen molar-refractivity contribution in [3.63, 3.8) is 0 Å². The Bertz CT molecular complexity index is 754. The summed E-state index contributed by atoms with van der Waals surface area (Å²) in [5.74, 6) is -0.622. The van der Waals surface area contributed by atoms with Crippen molar-refractivity contribution in [1.82, 2.24) is 15.1 Å². The molecule has 128 valence electrons. The normalized spacial score (nSPS) is 11.1. The molecule has 6 nitrogen and oxygen atoms in total. The third-order valence-electron chi connectivity index (χ3n) is 2.64. The molecule has 1 aromatic carbocycles. The van der Waals surface area contributed by atoms with Gasteiger partial charge in [0.25, 0.3) is 5.88 Å². The molecule has 0 aliphatic heterocycles. The predicted molar refractivity (Wildman–Crippen MR) is 78.3 cm³/mol. The van der Waals surface area contributed by atoms with Gasteiger partial charge in [0.15, 0.2) is 10.9 Å². The summed E-state index contributed by atoms with van der Waals surface area (Å²) in [6, 6.07) is 5.32. The maximum absolute atomic E-state index is 12.7. The van der Waals surface area contributed by atoms with Crippen molar-refractivity contribution in [1.29, 1.82) is 0 Å². The van der Waals surface area contributed by atoms with Crippen LogP contribution < -0.4 is 9.47 Å². The molecule has 0 aliphatic rings. The lowest BCUT2D eigenvalue weighted by Crippen LogP contribution is -2.25. The van der Waals surface area contributed by atoms with Gasteiger partial charge in [0.2, 0.25) is 0 Å². The van der Waals surface area contributed by atoms with Crippen LogP contribution in [0.4, 0.5) is 18.0 Å². The second-order valence-corrected chi connectivity index (χ2v) is 5.11. The summed E-state index contributed by atoms with van der Waals surface area (Å²) in [7, 11) is 2.90. The molecule has 0 N–H and O–H groups in total. The molecule has 0 unspecified atom stereocenters. The quantitative estimate of drug-likeness (QED) is 0.826. The zero-order valence-corrected chi connectivity index (χ0v) is 13.2. The monoisotopic (exact) mass is 361 g/mol. The molecule has 0 fully saturated rings. The molecule has 0 bridgehead atoms. The molecule has 1 heterocycles. The minimum absolute atomic E-state index is 0.0760. The summed E-state index contributed by atoms with van der Waals surface area (Å²) in [6.45, 7) is 0. The number of hydrogen-bond acceptors (Lipinski definition) is 5. The summed E-state index contributed by atoms with van der Waals surface area (Å²) < 4.78 is 48.4. The number of benzene rings is 1. The van der Waals surface area contributed by atoms with Gasteiger partial charge >= 0.3 is 12.3 Å². The Kier molecular flexibility index (Phi) is 5.13. The Morgan fingerprint density at radius 1 is 1.21 bits per heavy atom. The number of hydrogen-bond donors (Lipinski definition) is 0. The molecule has 0 saturated heterocycles. The van der Waals surface area contributed by atoms with Crippen LogP contribution in [-0.2, 0) is 6.18 Å². The Hall–Kier alpha value is -2.55. The van der Waals surface area contributed by atoms with Crippen molar-refractivity contribution in [2.75, 3.05) is 14.1 Å². The lowest BCUT2D eigenvalue weighted by Gasteiger charge is -2.14. The summed E-state index contributed by atoms with van der Waals surface area (Å²) in [6.07, 6.45) is -5.27. The fourth-order valence-corrected chi connectivity index (χ4v) is 1.65. The van der Waals surface area contributed by atoms with Crippen molar-refractivity contribution in [2.24, 2.45) is 0 Å². The Morgan fingerprint density at radius 2 is 1.92 bits per heavy atom. The molecule has 0 saturated carbocycles. The highest BCUT2D eigenvalue weighted by atomic mass is 35.5. The number of halogens is 4. The number of rotatable bonds is 3. The van der Waals surface area contributed by atoms with Gasteiger partial charge in [0, 0.05) is 20.2 Å². The van der Waals surface area contributed by atoms with Crippen molar-refractivity contribution in [3.05, 3.63) is 41.0 Å². The van der Waals surface area contributed by atoms with E-state index in [0.717, 1.165) is 17.0 Å². The van der Waals surface area contributed by atoms with Crippen LogP contribution in [0.2, 0.25) is 5.15 Å². The number of nitrogens with zero attached hydrogens (tertiary/aromatic N) is 3. The summed E-state index contributed by atoms with van der Waals surface area (Å²) >= 11 is 5.69. The van der Waals surface area contributed by atoms with Crippen LogP contribution in [-0.4, -0.2) is 35.3 Å². The molecular weight excluding hydrogens is 351 g/mol. The van der Waals surface area contributed by atoms with Crippen molar-refractivity contribution in [3.8, 4) is 17.4 Å². The number of carbonyl (C=O) groups is 1. The summed E-state index contributed by atoms with van der Waals surface area (Å²) in [4.78, 5) is 12.8. The van der Waals surface area contributed by atoms with E-state index in [1.54, 1.807) is 0 Å². The number of aromatic nitrogens is 2. The van der Waals surface area contributed by atoms with Crippen LogP contribution in [0.3, 0.4) is 0 Å². The fraction of sp³-hybridized carbons (Fsp3) is 0.214. The van der Waals surface area contributed by atoms with E-state index in [1.165, 1.54) is 32.3 Å². The maximum Gasteiger partial charge on any atom is 0.416 e. The van der Waals surface area contributed by atoms with E-state index in [2.05, 4.69) is 10.2 Å². The number of alkyl halides is 3. The largest absolute Gasteiger partial charge is 0.435 e. The first kappa shape index (κ1) is 17.8. The van der Waals surface area contributed by atoms with Gasteiger partial charge in [-0.25, -0.2) is 4.79 Å². The van der Waals surface area contributed by atoms with Crippen molar-refractivity contribution < 1.29 is 27.4 Å². The smallest absolute Gasteiger partial charge is 0.416 e. The molecule has 2 aromatic rings. The van der Waals surface area contributed by atoms with E-state index in [1.807, 2.05) is 0 Å². The zero-order valence-electron chi connectivity index (χ0n) is 12.5. The Balaban J connectivity index is 2.31. The van der Waals surface area contributed by atoms with Gasteiger partial charge in [-0.2, -0.15) is 13.2 Å². The number of amides is 1.